The molecule has 3 rings (SSSR count). The van der Waals surface area contributed by atoms with Crippen LogP contribution in [-0.2, 0) is 0 Å². The van der Waals surface area contributed by atoms with E-state index in [0.717, 1.165) is 5.69 Å². The van der Waals surface area contributed by atoms with Crippen molar-refractivity contribution in [1.82, 2.24) is 4.98 Å². The van der Waals surface area contributed by atoms with Gasteiger partial charge in [0.15, 0.2) is 0 Å². The minimum atomic E-state index is -0.454. The summed E-state index contributed by atoms with van der Waals surface area (Å²) in [5.74, 6) is 0.0155. The number of benzene rings is 2. The molecule has 9 heteroatoms. The molecule has 1 heterocycles. The van der Waals surface area contributed by atoms with Gasteiger partial charge in [0, 0.05) is 38.0 Å². The summed E-state index contributed by atoms with van der Waals surface area (Å²) >= 11 is 1.20. The number of nitro benzene ring substituents is 1. The second kappa shape index (κ2) is 6.20. The first-order valence-electron chi connectivity index (χ1n) is 6.91. The van der Waals surface area contributed by atoms with Crippen molar-refractivity contribution in [3.05, 3.63) is 46.5 Å². The van der Waals surface area contributed by atoms with E-state index in [2.05, 4.69) is 15.2 Å². The molecule has 0 saturated heterocycles. The number of aromatic hydroxyl groups is 1. The lowest BCUT2D eigenvalue weighted by molar-refractivity contribution is -0.384. The minimum absolute atomic E-state index is 0.00607. The van der Waals surface area contributed by atoms with Crippen molar-refractivity contribution in [2.75, 3.05) is 19.0 Å². The summed E-state index contributed by atoms with van der Waals surface area (Å²) in [5.41, 5.74) is 1.79. The molecule has 0 radical (unpaired) electrons. The highest BCUT2D eigenvalue weighted by Gasteiger charge is 2.10. The van der Waals surface area contributed by atoms with Crippen LogP contribution >= 0.6 is 11.3 Å². The van der Waals surface area contributed by atoms with Crippen LogP contribution < -0.4 is 4.90 Å². The number of hydrogen-bond donors (Lipinski definition) is 1. The third-order valence-corrected chi connectivity index (χ3v) is 4.19. The van der Waals surface area contributed by atoms with E-state index < -0.39 is 4.92 Å². The molecule has 0 spiro atoms. The number of phenols is 1. The number of nitro groups is 1. The number of hydrogen-bond acceptors (Lipinski definition) is 8. The maximum Gasteiger partial charge on any atom is 0.270 e. The van der Waals surface area contributed by atoms with E-state index in [4.69, 9.17) is 0 Å². The highest BCUT2D eigenvalue weighted by Crippen LogP contribution is 2.34. The molecule has 8 nitrogen and oxygen atoms in total. The Bertz CT molecular complexity index is 951. The molecule has 0 aliphatic carbocycles. The Kier molecular flexibility index (Phi) is 4.09. The molecule has 0 bridgehead atoms. The number of rotatable bonds is 4. The van der Waals surface area contributed by atoms with Gasteiger partial charge in [-0.15, -0.1) is 10.2 Å². The minimum Gasteiger partial charge on any atom is -0.506 e. The number of thiazole rings is 1. The maximum absolute atomic E-state index is 10.8. The van der Waals surface area contributed by atoms with E-state index in [1.807, 2.05) is 25.1 Å². The lowest BCUT2D eigenvalue weighted by Crippen LogP contribution is -2.07. The van der Waals surface area contributed by atoms with Crippen LogP contribution in [0.1, 0.15) is 0 Å². The predicted octanol–water partition coefficient (Wildman–Crippen LogP) is 4.39. The molecule has 3 aromatic rings. The average Bonchev–Trinajstić information content (AvgIpc) is 2.95. The molecule has 0 aliphatic heterocycles. The van der Waals surface area contributed by atoms with Crippen LogP contribution in [0.2, 0.25) is 0 Å². The zero-order chi connectivity index (χ0) is 17.3. The van der Waals surface area contributed by atoms with Crippen molar-refractivity contribution in [2.45, 2.75) is 0 Å². The fraction of sp³-hybridized carbons (Fsp3) is 0.133. The van der Waals surface area contributed by atoms with Crippen molar-refractivity contribution < 1.29 is 10.0 Å². The van der Waals surface area contributed by atoms with Crippen LogP contribution in [0.3, 0.4) is 0 Å². The Morgan fingerprint density at radius 1 is 1.21 bits per heavy atom. The lowest BCUT2D eigenvalue weighted by Gasteiger charge is -2.12. The fourth-order valence-corrected chi connectivity index (χ4v) is 2.85. The zero-order valence-electron chi connectivity index (χ0n) is 12.9. The average molecular weight is 343 g/mol. The van der Waals surface area contributed by atoms with E-state index in [1.54, 1.807) is 18.2 Å². The Balaban J connectivity index is 1.89. The molecule has 1 aromatic heterocycles. The van der Waals surface area contributed by atoms with Crippen LogP contribution in [0.15, 0.2) is 46.6 Å². The summed E-state index contributed by atoms with van der Waals surface area (Å²) in [4.78, 5) is 16.4. The van der Waals surface area contributed by atoms with Crippen molar-refractivity contribution in [2.24, 2.45) is 10.2 Å². The summed E-state index contributed by atoms with van der Waals surface area (Å²) in [6.07, 6.45) is 0. The molecule has 0 amide bonds. The number of anilines is 1. The Morgan fingerprint density at radius 3 is 2.67 bits per heavy atom. The molecule has 1 N–H and O–H groups in total. The second-order valence-corrected chi connectivity index (χ2v) is 6.18. The number of fused-ring (bicyclic) bond motifs is 1. The normalized spacial score (nSPS) is 11.2. The van der Waals surface area contributed by atoms with Gasteiger partial charge in [-0.2, -0.15) is 0 Å². The number of aromatic nitrogens is 1. The van der Waals surface area contributed by atoms with Crippen LogP contribution in [0.4, 0.5) is 22.2 Å². The van der Waals surface area contributed by atoms with Gasteiger partial charge in [0.2, 0.25) is 5.13 Å². The summed E-state index contributed by atoms with van der Waals surface area (Å²) < 4.78 is 0.658. The van der Waals surface area contributed by atoms with Gasteiger partial charge in [-0.3, -0.25) is 10.1 Å². The van der Waals surface area contributed by atoms with Gasteiger partial charge < -0.3 is 10.0 Å². The first-order chi connectivity index (χ1) is 11.4. The van der Waals surface area contributed by atoms with Gasteiger partial charge in [-0.1, -0.05) is 11.3 Å². The summed E-state index contributed by atoms with van der Waals surface area (Å²) in [6.45, 7) is 0. The smallest absolute Gasteiger partial charge is 0.270 e. The highest BCUT2D eigenvalue weighted by atomic mass is 32.1. The van der Waals surface area contributed by atoms with Gasteiger partial charge in [-0.25, -0.2) is 4.98 Å². The second-order valence-electron chi connectivity index (χ2n) is 5.17. The summed E-state index contributed by atoms with van der Waals surface area (Å²) in [7, 11) is 3.74. The highest BCUT2D eigenvalue weighted by molar-refractivity contribution is 7.21. The first-order valence-corrected chi connectivity index (χ1v) is 7.73. The number of azo groups is 1. The summed E-state index contributed by atoms with van der Waals surface area (Å²) in [5, 5.41) is 29.1. The van der Waals surface area contributed by atoms with Crippen LogP contribution in [0.5, 0.6) is 5.75 Å². The van der Waals surface area contributed by atoms with Crippen molar-refractivity contribution in [1.29, 1.82) is 0 Å². The van der Waals surface area contributed by atoms with Gasteiger partial charge >= 0.3 is 0 Å². The third-order valence-electron chi connectivity index (χ3n) is 3.29. The van der Waals surface area contributed by atoms with E-state index in [0.29, 0.717) is 21.0 Å². The molecule has 0 unspecified atom stereocenters. The van der Waals surface area contributed by atoms with E-state index >= 15 is 0 Å². The maximum atomic E-state index is 10.8. The molecule has 122 valence electrons. The van der Waals surface area contributed by atoms with E-state index in [1.165, 1.54) is 23.5 Å². The SMILES string of the molecule is CN(C)c1ccc(/N=N/c2nc3ccc([N+](=O)[O-])cc3s2)c(O)c1. The monoisotopic (exact) mass is 343 g/mol. The summed E-state index contributed by atoms with van der Waals surface area (Å²) in [6, 6.07) is 9.49. The standard InChI is InChI=1S/C15H13N5O3S/c1-19(2)9-3-5-11(13(21)7-9)17-18-15-16-12-6-4-10(20(22)23)8-14(12)24-15/h3-8,21H,1-2H3/b18-17+. The zero-order valence-corrected chi connectivity index (χ0v) is 13.7. The van der Waals surface area contributed by atoms with Gasteiger partial charge in [0.25, 0.3) is 5.69 Å². The predicted molar refractivity (Wildman–Crippen MR) is 92.9 cm³/mol. The quantitative estimate of drug-likeness (QED) is 0.430. The molecule has 2 aromatic carbocycles. The number of non-ortho nitro benzene ring substituents is 1. The van der Waals surface area contributed by atoms with Crippen LogP contribution in [0.25, 0.3) is 10.2 Å². The van der Waals surface area contributed by atoms with Gasteiger partial charge in [0.05, 0.1) is 15.1 Å². The largest absolute Gasteiger partial charge is 0.506 e. The molecular weight excluding hydrogens is 330 g/mol. The molecular formula is C15H13N5O3S. The molecule has 0 aliphatic rings. The number of nitrogens with zero attached hydrogens (tertiary/aromatic N) is 5. The molecule has 0 saturated carbocycles. The fourth-order valence-electron chi connectivity index (χ4n) is 2.03. The van der Waals surface area contributed by atoms with Crippen LogP contribution in [-0.4, -0.2) is 29.1 Å². The van der Waals surface area contributed by atoms with E-state index in [-0.39, 0.29) is 11.4 Å². The van der Waals surface area contributed by atoms with Gasteiger partial charge in [-0.05, 0) is 18.2 Å². The Hall–Kier alpha value is -3.07. The molecule has 24 heavy (non-hydrogen) atoms. The molecule has 0 fully saturated rings. The van der Waals surface area contributed by atoms with Crippen molar-refractivity contribution in [3.8, 4) is 5.75 Å². The Morgan fingerprint density at radius 2 is 2.00 bits per heavy atom. The lowest BCUT2D eigenvalue weighted by atomic mass is 10.2. The molecule has 0 atom stereocenters. The van der Waals surface area contributed by atoms with Crippen molar-refractivity contribution >= 4 is 43.7 Å². The third kappa shape index (κ3) is 3.15. The number of phenolic OH excluding ortho intramolecular Hbond substituents is 1. The topological polar surface area (TPSA) is 104 Å². The van der Waals surface area contributed by atoms with Crippen molar-refractivity contribution in [3.63, 3.8) is 0 Å². The van der Waals surface area contributed by atoms with Gasteiger partial charge in [0.1, 0.15) is 11.4 Å². The van der Waals surface area contributed by atoms with Crippen LogP contribution in [0, 0.1) is 10.1 Å². The first kappa shape index (κ1) is 15.8. The van der Waals surface area contributed by atoms with E-state index in [9.17, 15) is 15.2 Å². The Labute approximate surface area is 140 Å².